The molecule has 0 spiro atoms. The molecule has 2 unspecified atom stereocenters. The number of carbonyl (C=O) groups excluding carboxylic acids is 3. The molecule has 0 fully saturated rings. The molecule has 8 nitrogen and oxygen atoms in total. The number of urea groups is 1. The van der Waals surface area contributed by atoms with Crippen LogP contribution in [0.2, 0.25) is 0 Å². The number of aliphatic hydroxyl groups is 1. The Morgan fingerprint density at radius 1 is 0.878 bits per heavy atom. The number of ether oxygens (including phenoxy) is 1. The fraction of sp³-hybridized carbons (Fsp3) is 0.364. The molecule has 3 amide bonds. The van der Waals surface area contributed by atoms with Crippen LogP contribution in [0.1, 0.15) is 42.9 Å². The number of nitrogens with one attached hydrogen (secondary N) is 2. The molecule has 3 aromatic carbocycles. The average Bonchev–Trinajstić information content (AvgIpc) is 3.01. The molecule has 3 atom stereocenters. The summed E-state index contributed by atoms with van der Waals surface area (Å²) in [6, 6.07) is 26.6. The summed E-state index contributed by atoms with van der Waals surface area (Å²) in [6.07, 6.45) is 3.18. The zero-order valence-electron chi connectivity index (χ0n) is 23.6. The second kappa shape index (κ2) is 17.5. The van der Waals surface area contributed by atoms with E-state index in [-0.39, 0.29) is 13.2 Å². The van der Waals surface area contributed by atoms with Gasteiger partial charge in [-0.2, -0.15) is 0 Å². The van der Waals surface area contributed by atoms with Crippen LogP contribution in [0.4, 0.5) is 9.59 Å². The summed E-state index contributed by atoms with van der Waals surface area (Å²) < 4.78 is 5.41. The van der Waals surface area contributed by atoms with Crippen LogP contribution in [0.25, 0.3) is 0 Å². The molecule has 0 saturated carbocycles. The van der Waals surface area contributed by atoms with Gasteiger partial charge in [0.05, 0.1) is 24.7 Å². The molecule has 0 aromatic heterocycles. The number of amides is 3. The van der Waals surface area contributed by atoms with Gasteiger partial charge < -0.3 is 25.4 Å². The minimum atomic E-state index is -1.12. The maximum Gasteiger partial charge on any atom is 0.407 e. The smallest absolute Gasteiger partial charge is 0.407 e. The molecule has 41 heavy (non-hydrogen) atoms. The predicted octanol–water partition coefficient (Wildman–Crippen LogP) is 4.81. The molecule has 0 heterocycles. The van der Waals surface area contributed by atoms with E-state index >= 15 is 0 Å². The highest BCUT2D eigenvalue weighted by molar-refractivity contribution is 5.78. The Kier molecular flexibility index (Phi) is 13.4. The molecule has 0 aliphatic carbocycles. The van der Waals surface area contributed by atoms with Gasteiger partial charge in [-0.3, -0.25) is 4.79 Å². The highest BCUT2D eigenvalue weighted by Crippen LogP contribution is 2.11. The van der Waals surface area contributed by atoms with E-state index in [1.54, 1.807) is 0 Å². The van der Waals surface area contributed by atoms with Crippen LogP contribution in [-0.4, -0.2) is 59.7 Å². The van der Waals surface area contributed by atoms with E-state index < -0.39 is 30.3 Å². The lowest BCUT2D eigenvalue weighted by atomic mass is 10.0. The Morgan fingerprint density at radius 3 is 2.05 bits per heavy atom. The van der Waals surface area contributed by atoms with Crippen LogP contribution in [-0.2, 0) is 29.0 Å². The van der Waals surface area contributed by atoms with Gasteiger partial charge in [0.15, 0.2) is 0 Å². The van der Waals surface area contributed by atoms with Crippen LogP contribution in [0.5, 0.6) is 0 Å². The Hall–Kier alpha value is -4.17. The summed E-state index contributed by atoms with van der Waals surface area (Å²) in [5.74, 6) is 0. The summed E-state index contributed by atoms with van der Waals surface area (Å²) in [6.45, 7) is 2.35. The third-order valence-electron chi connectivity index (χ3n) is 6.77. The van der Waals surface area contributed by atoms with Crippen molar-refractivity contribution in [3.05, 3.63) is 108 Å². The van der Waals surface area contributed by atoms with Crippen LogP contribution >= 0.6 is 0 Å². The van der Waals surface area contributed by atoms with E-state index in [9.17, 15) is 19.5 Å². The highest BCUT2D eigenvalue weighted by atomic mass is 16.5. The summed E-state index contributed by atoms with van der Waals surface area (Å²) in [5.41, 5.74) is 2.79. The first-order valence-corrected chi connectivity index (χ1v) is 14.1. The predicted molar refractivity (Wildman–Crippen MR) is 159 cm³/mol. The fourth-order valence-electron chi connectivity index (χ4n) is 4.41. The first kappa shape index (κ1) is 31.4. The van der Waals surface area contributed by atoms with Crippen LogP contribution in [0, 0.1) is 0 Å². The highest BCUT2D eigenvalue weighted by Gasteiger charge is 2.27. The van der Waals surface area contributed by atoms with Gasteiger partial charge in [-0.25, -0.2) is 9.59 Å². The van der Waals surface area contributed by atoms with Crippen molar-refractivity contribution >= 4 is 18.4 Å². The van der Waals surface area contributed by atoms with E-state index in [4.69, 9.17) is 4.74 Å². The number of rotatable bonds is 16. The van der Waals surface area contributed by atoms with Gasteiger partial charge in [-0.1, -0.05) is 111 Å². The van der Waals surface area contributed by atoms with Gasteiger partial charge in [0.1, 0.15) is 6.61 Å². The van der Waals surface area contributed by atoms with Gasteiger partial charge in [-0.15, -0.1) is 0 Å². The number of carbonyl (C=O) groups is 2. The van der Waals surface area contributed by atoms with Crippen LogP contribution in [0.3, 0.4) is 0 Å². The zero-order valence-corrected chi connectivity index (χ0v) is 23.6. The number of benzene rings is 3. The van der Waals surface area contributed by atoms with Crippen molar-refractivity contribution in [3.8, 4) is 0 Å². The molecule has 0 aliphatic rings. The second-order valence-corrected chi connectivity index (χ2v) is 10.0. The topological polar surface area (TPSA) is 108 Å². The summed E-state index contributed by atoms with van der Waals surface area (Å²) in [7, 11) is 0. The number of hydrogen-bond donors (Lipinski definition) is 3. The Morgan fingerprint density at radius 2 is 1.46 bits per heavy atom. The van der Waals surface area contributed by atoms with E-state index in [0.29, 0.717) is 25.8 Å². The number of unbranched alkanes of at least 4 members (excludes halogenated alkanes) is 1. The third kappa shape index (κ3) is 11.5. The van der Waals surface area contributed by atoms with Gasteiger partial charge in [0.25, 0.3) is 0 Å². The largest absolute Gasteiger partial charge is 0.445 e. The number of nitrogens with zero attached hydrogens (tertiary/aromatic N) is 1. The van der Waals surface area contributed by atoms with Crippen LogP contribution in [0.15, 0.2) is 91.0 Å². The minimum Gasteiger partial charge on any atom is -0.445 e. The summed E-state index contributed by atoms with van der Waals surface area (Å²) in [5, 5.41) is 16.9. The lowest BCUT2D eigenvalue weighted by Crippen LogP contribution is -2.53. The molecular weight excluding hydrogens is 518 g/mol. The normalized spacial score (nSPS) is 12.9. The minimum absolute atomic E-state index is 0.0610. The van der Waals surface area contributed by atoms with Gasteiger partial charge in [-0.05, 0) is 36.0 Å². The molecule has 1 radical (unpaired) electrons. The lowest BCUT2D eigenvalue weighted by molar-refractivity contribution is 0.0786. The second-order valence-electron chi connectivity index (χ2n) is 10.0. The quantitative estimate of drug-likeness (QED) is 0.234. The van der Waals surface area contributed by atoms with Crippen molar-refractivity contribution in [1.29, 1.82) is 0 Å². The molecule has 0 aliphatic heterocycles. The molecule has 0 saturated heterocycles. The number of alkyl carbamates (subject to hydrolysis) is 1. The lowest BCUT2D eigenvalue weighted by Gasteiger charge is -2.31. The first-order chi connectivity index (χ1) is 20.0. The molecule has 8 heteroatoms. The standard InChI is InChI=1S/C33H40N3O5/c1-2-3-19-29(24-37)34-32(39)36(21-20-26-13-7-4-8-14-26)23-31(38)30(22-27-15-9-5-10-16-27)35-33(40)41-25-28-17-11-6-12-18-28/h4-18,29-31,38H,2-3,19-23,25H2,1H3,(H,34,39)(H,35,40)/t29-,30?,31?/m0/s1. The van der Waals surface area contributed by atoms with Crippen molar-refractivity contribution in [1.82, 2.24) is 15.5 Å². The van der Waals surface area contributed by atoms with Gasteiger partial charge >= 0.3 is 12.1 Å². The molecular formula is C33H40N3O5. The summed E-state index contributed by atoms with van der Waals surface area (Å²) in [4.78, 5) is 39.1. The maximum absolute atomic E-state index is 13.3. The van der Waals surface area contributed by atoms with Crippen molar-refractivity contribution in [2.45, 2.75) is 63.8 Å². The molecule has 3 aromatic rings. The molecule has 0 bridgehead atoms. The van der Waals surface area contributed by atoms with E-state index in [0.717, 1.165) is 29.5 Å². The number of hydrogen-bond acceptors (Lipinski definition) is 5. The number of aliphatic hydroxyl groups excluding tert-OH is 1. The van der Waals surface area contributed by atoms with Gasteiger partial charge in [0.2, 0.25) is 6.29 Å². The van der Waals surface area contributed by atoms with E-state index in [2.05, 4.69) is 10.6 Å². The monoisotopic (exact) mass is 558 g/mol. The van der Waals surface area contributed by atoms with Crippen LogP contribution < -0.4 is 10.6 Å². The van der Waals surface area contributed by atoms with Crippen molar-refractivity contribution in [3.63, 3.8) is 0 Å². The van der Waals surface area contributed by atoms with Crippen molar-refractivity contribution in [2.75, 3.05) is 13.1 Å². The van der Waals surface area contributed by atoms with Gasteiger partial charge in [0, 0.05) is 6.54 Å². The SMILES string of the molecule is CCCC[C@@H]([C]=O)NC(=O)N(CCc1ccccc1)CC(O)C(Cc1ccccc1)NC(=O)OCc1ccccc1. The van der Waals surface area contributed by atoms with E-state index in [1.165, 1.54) is 4.90 Å². The Balaban J connectivity index is 1.73. The Bertz CT molecular complexity index is 1180. The van der Waals surface area contributed by atoms with Crippen molar-refractivity contribution in [2.24, 2.45) is 0 Å². The summed E-state index contributed by atoms with van der Waals surface area (Å²) >= 11 is 0. The first-order valence-electron chi connectivity index (χ1n) is 14.1. The zero-order chi connectivity index (χ0) is 29.3. The maximum atomic E-state index is 13.3. The van der Waals surface area contributed by atoms with E-state index in [1.807, 2.05) is 104 Å². The third-order valence-corrected chi connectivity index (χ3v) is 6.77. The Labute approximate surface area is 242 Å². The molecule has 3 rings (SSSR count). The van der Waals surface area contributed by atoms with Crippen molar-refractivity contribution < 1.29 is 24.2 Å². The average molecular weight is 559 g/mol. The molecule has 217 valence electrons. The molecule has 3 N–H and O–H groups in total. The fourth-order valence-corrected chi connectivity index (χ4v) is 4.41.